The molecule has 5 heteroatoms. The lowest BCUT2D eigenvalue weighted by atomic mass is 9.97. The number of nitrogens with zero attached hydrogens (tertiary/aromatic N) is 3. The highest BCUT2D eigenvalue weighted by molar-refractivity contribution is 5.79. The van der Waals surface area contributed by atoms with Gasteiger partial charge in [-0.3, -0.25) is 4.79 Å². The van der Waals surface area contributed by atoms with Crippen LogP contribution in [0.2, 0.25) is 0 Å². The standard InChI is InChI=1S/C19H24N4O/c1-2-12-20-19(24)16-9-6-13-23(14-16)18-11-10-17(21-22-18)15-7-4-3-5-8-15/h3-5,7-8,10-11,16H,2,6,9,12-14H2,1H3,(H,20,24). The van der Waals surface area contributed by atoms with Crippen LogP contribution in [0.1, 0.15) is 26.2 Å². The largest absolute Gasteiger partial charge is 0.356 e. The van der Waals surface area contributed by atoms with Crippen molar-refractivity contribution in [3.63, 3.8) is 0 Å². The van der Waals surface area contributed by atoms with E-state index in [4.69, 9.17) is 0 Å². The number of carbonyl (C=O) groups is 1. The first-order valence-electron chi connectivity index (χ1n) is 8.69. The molecule has 3 rings (SSSR count). The maximum absolute atomic E-state index is 12.2. The monoisotopic (exact) mass is 324 g/mol. The highest BCUT2D eigenvalue weighted by Crippen LogP contribution is 2.23. The van der Waals surface area contributed by atoms with Gasteiger partial charge in [-0.2, -0.15) is 0 Å². The topological polar surface area (TPSA) is 58.1 Å². The van der Waals surface area contributed by atoms with Crippen molar-refractivity contribution in [2.24, 2.45) is 5.92 Å². The Hall–Kier alpha value is -2.43. The van der Waals surface area contributed by atoms with Crippen LogP contribution < -0.4 is 10.2 Å². The molecule has 1 aromatic carbocycles. The second kappa shape index (κ2) is 7.90. The summed E-state index contributed by atoms with van der Waals surface area (Å²) in [6.45, 7) is 4.46. The molecule has 1 unspecified atom stereocenters. The van der Waals surface area contributed by atoms with E-state index in [-0.39, 0.29) is 11.8 Å². The van der Waals surface area contributed by atoms with Gasteiger partial charge in [-0.15, -0.1) is 10.2 Å². The summed E-state index contributed by atoms with van der Waals surface area (Å²) in [6, 6.07) is 14.0. The molecule has 1 N–H and O–H groups in total. The molecule has 1 aliphatic heterocycles. The molecular weight excluding hydrogens is 300 g/mol. The van der Waals surface area contributed by atoms with Crippen LogP contribution in [-0.2, 0) is 4.79 Å². The first-order valence-corrected chi connectivity index (χ1v) is 8.69. The molecule has 1 amide bonds. The zero-order valence-corrected chi connectivity index (χ0v) is 14.1. The summed E-state index contributed by atoms with van der Waals surface area (Å²) in [5, 5.41) is 11.7. The number of hydrogen-bond acceptors (Lipinski definition) is 4. The van der Waals surface area contributed by atoms with Gasteiger partial charge >= 0.3 is 0 Å². The number of benzene rings is 1. The summed E-state index contributed by atoms with van der Waals surface area (Å²) in [5.41, 5.74) is 1.93. The fraction of sp³-hybridized carbons (Fsp3) is 0.421. The van der Waals surface area contributed by atoms with Crippen molar-refractivity contribution in [3.05, 3.63) is 42.5 Å². The highest BCUT2D eigenvalue weighted by atomic mass is 16.1. The maximum atomic E-state index is 12.2. The first-order chi connectivity index (χ1) is 11.8. The fourth-order valence-electron chi connectivity index (χ4n) is 3.05. The minimum Gasteiger partial charge on any atom is -0.356 e. The van der Waals surface area contributed by atoms with E-state index in [1.54, 1.807) is 0 Å². The molecule has 0 radical (unpaired) electrons. The number of hydrogen-bond donors (Lipinski definition) is 1. The van der Waals surface area contributed by atoms with E-state index in [1.165, 1.54) is 0 Å². The number of nitrogens with one attached hydrogen (secondary N) is 1. The lowest BCUT2D eigenvalue weighted by Crippen LogP contribution is -2.43. The molecule has 0 saturated carbocycles. The van der Waals surface area contributed by atoms with Gasteiger partial charge in [-0.1, -0.05) is 37.3 Å². The molecule has 126 valence electrons. The van der Waals surface area contributed by atoms with Gasteiger partial charge in [0.1, 0.15) is 0 Å². The van der Waals surface area contributed by atoms with Gasteiger partial charge in [0.2, 0.25) is 5.91 Å². The van der Waals surface area contributed by atoms with Crippen LogP contribution in [0.25, 0.3) is 11.3 Å². The summed E-state index contributed by atoms with van der Waals surface area (Å²) in [7, 11) is 0. The van der Waals surface area contributed by atoms with E-state index in [9.17, 15) is 4.79 Å². The van der Waals surface area contributed by atoms with Crippen LogP contribution >= 0.6 is 0 Å². The van der Waals surface area contributed by atoms with E-state index in [0.29, 0.717) is 0 Å². The Balaban J connectivity index is 1.66. The average Bonchev–Trinajstić information content (AvgIpc) is 2.67. The molecule has 0 aliphatic carbocycles. The molecule has 24 heavy (non-hydrogen) atoms. The summed E-state index contributed by atoms with van der Waals surface area (Å²) in [6.07, 6.45) is 2.92. The van der Waals surface area contributed by atoms with Crippen LogP contribution in [0.4, 0.5) is 5.82 Å². The molecule has 0 spiro atoms. The molecular formula is C19H24N4O. The third-order valence-electron chi connectivity index (χ3n) is 4.39. The van der Waals surface area contributed by atoms with Gasteiger partial charge in [0.15, 0.2) is 5.82 Å². The highest BCUT2D eigenvalue weighted by Gasteiger charge is 2.26. The average molecular weight is 324 g/mol. The third-order valence-corrected chi connectivity index (χ3v) is 4.39. The molecule has 2 aromatic rings. The van der Waals surface area contributed by atoms with Crippen molar-refractivity contribution in [3.8, 4) is 11.3 Å². The molecule has 1 aliphatic rings. The predicted octanol–water partition coefficient (Wildman–Crippen LogP) is 2.89. The lowest BCUT2D eigenvalue weighted by Gasteiger charge is -2.32. The van der Waals surface area contributed by atoms with Gasteiger partial charge in [0, 0.05) is 25.2 Å². The maximum Gasteiger partial charge on any atom is 0.224 e. The molecule has 1 fully saturated rings. The van der Waals surface area contributed by atoms with E-state index >= 15 is 0 Å². The summed E-state index contributed by atoms with van der Waals surface area (Å²) in [4.78, 5) is 14.4. The number of piperidine rings is 1. The number of aromatic nitrogens is 2. The van der Waals surface area contributed by atoms with Gasteiger partial charge in [-0.25, -0.2) is 0 Å². The Morgan fingerprint density at radius 3 is 2.75 bits per heavy atom. The van der Waals surface area contributed by atoms with Crippen LogP contribution in [0.15, 0.2) is 42.5 Å². The van der Waals surface area contributed by atoms with E-state index in [2.05, 4.69) is 27.3 Å². The van der Waals surface area contributed by atoms with Crippen molar-refractivity contribution in [2.75, 3.05) is 24.5 Å². The Morgan fingerprint density at radius 2 is 2.04 bits per heavy atom. The van der Waals surface area contributed by atoms with Crippen molar-refractivity contribution >= 4 is 11.7 Å². The SMILES string of the molecule is CCCNC(=O)C1CCCN(c2ccc(-c3ccccc3)nn2)C1. The van der Waals surface area contributed by atoms with Crippen LogP contribution in [0.3, 0.4) is 0 Å². The summed E-state index contributed by atoms with van der Waals surface area (Å²) < 4.78 is 0. The molecule has 1 atom stereocenters. The van der Waals surface area contributed by atoms with Gasteiger partial charge in [0.05, 0.1) is 11.6 Å². The van der Waals surface area contributed by atoms with Gasteiger partial charge in [0.25, 0.3) is 0 Å². The predicted molar refractivity (Wildman–Crippen MR) is 95.7 cm³/mol. The fourth-order valence-corrected chi connectivity index (χ4v) is 3.05. The first kappa shape index (κ1) is 16.4. The molecule has 1 saturated heterocycles. The minimum atomic E-state index is 0.0425. The van der Waals surface area contributed by atoms with E-state index < -0.39 is 0 Å². The summed E-state index contributed by atoms with van der Waals surface area (Å²) in [5.74, 6) is 1.05. The second-order valence-electron chi connectivity index (χ2n) is 6.22. The number of carbonyl (C=O) groups excluding carboxylic acids is 1. The number of amides is 1. The van der Waals surface area contributed by atoms with Crippen molar-refractivity contribution in [2.45, 2.75) is 26.2 Å². The zero-order valence-electron chi connectivity index (χ0n) is 14.1. The quantitative estimate of drug-likeness (QED) is 0.919. The van der Waals surface area contributed by atoms with Crippen LogP contribution in [-0.4, -0.2) is 35.7 Å². The van der Waals surface area contributed by atoms with Crippen molar-refractivity contribution < 1.29 is 4.79 Å². The minimum absolute atomic E-state index is 0.0425. The Morgan fingerprint density at radius 1 is 1.21 bits per heavy atom. The van der Waals surface area contributed by atoms with E-state index in [1.807, 2.05) is 42.5 Å². The Labute approximate surface area is 143 Å². The van der Waals surface area contributed by atoms with Gasteiger partial charge < -0.3 is 10.2 Å². The molecule has 2 heterocycles. The molecule has 5 nitrogen and oxygen atoms in total. The molecule has 0 bridgehead atoms. The third kappa shape index (κ3) is 3.91. The second-order valence-corrected chi connectivity index (χ2v) is 6.22. The zero-order chi connectivity index (χ0) is 16.8. The van der Waals surface area contributed by atoms with E-state index in [0.717, 1.165) is 56.0 Å². The number of anilines is 1. The number of rotatable bonds is 5. The Bertz CT molecular complexity index is 657. The Kier molecular flexibility index (Phi) is 5.41. The summed E-state index contributed by atoms with van der Waals surface area (Å²) >= 11 is 0. The lowest BCUT2D eigenvalue weighted by molar-refractivity contribution is -0.125. The van der Waals surface area contributed by atoms with Crippen LogP contribution in [0.5, 0.6) is 0 Å². The van der Waals surface area contributed by atoms with Crippen LogP contribution in [0, 0.1) is 5.92 Å². The molecule has 1 aromatic heterocycles. The van der Waals surface area contributed by atoms with Crippen molar-refractivity contribution in [1.29, 1.82) is 0 Å². The van der Waals surface area contributed by atoms with Gasteiger partial charge in [-0.05, 0) is 31.4 Å². The smallest absolute Gasteiger partial charge is 0.224 e. The van der Waals surface area contributed by atoms with Crippen molar-refractivity contribution in [1.82, 2.24) is 15.5 Å². The normalized spacial score (nSPS) is 17.5.